The van der Waals surface area contributed by atoms with E-state index in [0.29, 0.717) is 18.7 Å². The van der Waals surface area contributed by atoms with Gasteiger partial charge in [-0.3, -0.25) is 9.48 Å². The van der Waals surface area contributed by atoms with E-state index in [4.69, 9.17) is 5.73 Å². The number of rotatable bonds is 4. The number of aryl methyl sites for hydroxylation is 1. The number of nitrogens with two attached hydrogens (primary N) is 1. The summed E-state index contributed by atoms with van der Waals surface area (Å²) < 4.78 is 14.2. The van der Waals surface area contributed by atoms with E-state index in [-0.39, 0.29) is 17.4 Å². The lowest BCUT2D eigenvalue weighted by molar-refractivity contribution is 0.0949. The number of hydrogen-bond acceptors (Lipinski definition) is 3. The minimum atomic E-state index is -0.305. The molecule has 19 heavy (non-hydrogen) atoms. The quantitative estimate of drug-likeness (QED) is 0.867. The van der Waals surface area contributed by atoms with Gasteiger partial charge in [-0.25, -0.2) is 4.39 Å². The number of hydrogen-bond donors (Lipinski definition) is 2. The van der Waals surface area contributed by atoms with Gasteiger partial charge in [-0.2, -0.15) is 5.10 Å². The molecule has 0 aliphatic carbocycles. The second-order valence-electron chi connectivity index (χ2n) is 4.24. The van der Waals surface area contributed by atoms with Gasteiger partial charge in [0.05, 0.1) is 5.69 Å². The molecule has 0 radical (unpaired) electrons. The molecule has 0 aliphatic heterocycles. The van der Waals surface area contributed by atoms with Crippen molar-refractivity contribution in [3.63, 3.8) is 0 Å². The lowest BCUT2D eigenvalue weighted by Gasteiger charge is -2.04. The van der Waals surface area contributed by atoms with E-state index in [1.807, 2.05) is 0 Å². The van der Waals surface area contributed by atoms with Gasteiger partial charge < -0.3 is 11.1 Å². The summed E-state index contributed by atoms with van der Waals surface area (Å²) in [7, 11) is 1.70. The number of halogens is 1. The molecule has 0 bridgehead atoms. The molecule has 1 aromatic heterocycles. The highest BCUT2D eigenvalue weighted by molar-refractivity contribution is 5.96. The minimum Gasteiger partial charge on any atom is -0.396 e. The van der Waals surface area contributed by atoms with Gasteiger partial charge in [0.1, 0.15) is 5.82 Å². The first-order valence-corrected chi connectivity index (χ1v) is 5.88. The lowest BCUT2D eigenvalue weighted by atomic mass is 10.1. The van der Waals surface area contributed by atoms with Crippen molar-refractivity contribution >= 4 is 11.6 Å². The van der Waals surface area contributed by atoms with Crippen molar-refractivity contribution in [2.75, 3.05) is 12.3 Å². The molecule has 0 saturated heterocycles. The van der Waals surface area contributed by atoms with Gasteiger partial charge >= 0.3 is 0 Å². The highest BCUT2D eigenvalue weighted by Crippen LogP contribution is 2.07. The van der Waals surface area contributed by atoms with Crippen LogP contribution in [0.5, 0.6) is 0 Å². The lowest BCUT2D eigenvalue weighted by Crippen LogP contribution is -2.26. The van der Waals surface area contributed by atoms with E-state index in [0.717, 1.165) is 5.56 Å². The predicted octanol–water partition coefficient (Wildman–Crippen LogP) is 1.11. The van der Waals surface area contributed by atoms with Crippen molar-refractivity contribution in [2.24, 2.45) is 7.05 Å². The second kappa shape index (κ2) is 5.51. The summed E-state index contributed by atoms with van der Waals surface area (Å²) in [6, 6.07) is 6.18. The Labute approximate surface area is 110 Å². The maximum Gasteiger partial charge on any atom is 0.273 e. The summed E-state index contributed by atoms with van der Waals surface area (Å²) >= 11 is 0. The van der Waals surface area contributed by atoms with Crippen LogP contribution in [0.4, 0.5) is 10.1 Å². The van der Waals surface area contributed by atoms with Gasteiger partial charge in [0.25, 0.3) is 5.91 Å². The maximum atomic E-state index is 12.7. The molecule has 0 aliphatic rings. The van der Waals surface area contributed by atoms with Gasteiger partial charge in [0, 0.05) is 19.8 Å². The smallest absolute Gasteiger partial charge is 0.273 e. The number of carbonyl (C=O) groups excluding carboxylic acids is 1. The number of amides is 1. The van der Waals surface area contributed by atoms with E-state index >= 15 is 0 Å². The Morgan fingerprint density at radius 2 is 2.11 bits per heavy atom. The summed E-state index contributed by atoms with van der Waals surface area (Å²) in [5.41, 5.74) is 7.18. The molecule has 3 N–H and O–H groups in total. The van der Waals surface area contributed by atoms with Crippen molar-refractivity contribution in [1.82, 2.24) is 15.1 Å². The highest BCUT2D eigenvalue weighted by atomic mass is 19.1. The van der Waals surface area contributed by atoms with Crippen LogP contribution in [0.1, 0.15) is 16.1 Å². The van der Waals surface area contributed by atoms with Gasteiger partial charge in [-0.05, 0) is 24.1 Å². The zero-order chi connectivity index (χ0) is 13.8. The molecule has 2 rings (SSSR count). The van der Waals surface area contributed by atoms with E-state index in [1.165, 1.54) is 16.8 Å². The number of aromatic nitrogens is 2. The first kappa shape index (κ1) is 13.1. The SMILES string of the molecule is Cn1cc(N)c(C(=O)NCCc2ccc(F)cc2)n1. The molecule has 1 heterocycles. The van der Waals surface area contributed by atoms with E-state index in [1.54, 1.807) is 25.4 Å². The topological polar surface area (TPSA) is 72.9 Å². The Hall–Kier alpha value is -2.37. The Balaban J connectivity index is 1.87. The zero-order valence-electron chi connectivity index (χ0n) is 10.6. The van der Waals surface area contributed by atoms with E-state index < -0.39 is 0 Å². The van der Waals surface area contributed by atoms with Gasteiger partial charge in [0.15, 0.2) is 5.69 Å². The average molecular weight is 262 g/mol. The Morgan fingerprint density at radius 1 is 1.42 bits per heavy atom. The third kappa shape index (κ3) is 3.31. The van der Waals surface area contributed by atoms with Crippen molar-refractivity contribution in [3.8, 4) is 0 Å². The third-order valence-corrected chi connectivity index (χ3v) is 2.68. The van der Waals surface area contributed by atoms with Crippen LogP contribution in [0.2, 0.25) is 0 Å². The first-order chi connectivity index (χ1) is 9.06. The minimum absolute atomic E-state index is 0.224. The fourth-order valence-corrected chi connectivity index (χ4v) is 1.74. The molecule has 0 spiro atoms. The van der Waals surface area contributed by atoms with Crippen LogP contribution in [0.15, 0.2) is 30.5 Å². The molecule has 5 nitrogen and oxygen atoms in total. The molecule has 6 heteroatoms. The van der Waals surface area contributed by atoms with Crippen LogP contribution in [0.25, 0.3) is 0 Å². The van der Waals surface area contributed by atoms with Crippen LogP contribution in [0.3, 0.4) is 0 Å². The number of nitrogen functional groups attached to an aromatic ring is 1. The van der Waals surface area contributed by atoms with E-state index in [2.05, 4.69) is 10.4 Å². The zero-order valence-corrected chi connectivity index (χ0v) is 10.6. The second-order valence-corrected chi connectivity index (χ2v) is 4.24. The summed E-state index contributed by atoms with van der Waals surface area (Å²) in [5.74, 6) is -0.575. The number of benzene rings is 1. The highest BCUT2D eigenvalue weighted by Gasteiger charge is 2.13. The molecule has 0 atom stereocenters. The molecule has 0 unspecified atom stereocenters. The summed E-state index contributed by atoms with van der Waals surface area (Å²) in [6.07, 6.45) is 2.20. The van der Waals surface area contributed by atoms with Crippen LogP contribution in [-0.4, -0.2) is 22.2 Å². The molecule has 1 amide bonds. The fourth-order valence-electron chi connectivity index (χ4n) is 1.74. The van der Waals surface area contributed by atoms with Gasteiger partial charge in [-0.15, -0.1) is 0 Å². The van der Waals surface area contributed by atoms with E-state index in [9.17, 15) is 9.18 Å². The molecule has 0 saturated carbocycles. The summed E-state index contributed by atoms with van der Waals surface area (Å²) in [4.78, 5) is 11.8. The van der Waals surface area contributed by atoms with Crippen molar-refractivity contribution in [3.05, 3.63) is 47.5 Å². The number of anilines is 1. The number of nitrogens with one attached hydrogen (secondary N) is 1. The maximum absolute atomic E-state index is 12.7. The summed E-state index contributed by atoms with van der Waals surface area (Å²) in [6.45, 7) is 0.445. The largest absolute Gasteiger partial charge is 0.396 e. The molecular weight excluding hydrogens is 247 g/mol. The molecular formula is C13H15FN4O. The van der Waals surface area contributed by atoms with Crippen LogP contribution in [-0.2, 0) is 13.5 Å². The Bertz CT molecular complexity index is 577. The molecule has 0 fully saturated rings. The third-order valence-electron chi connectivity index (χ3n) is 2.68. The van der Waals surface area contributed by atoms with Crippen LogP contribution >= 0.6 is 0 Å². The normalized spacial score (nSPS) is 10.4. The predicted molar refractivity (Wildman–Crippen MR) is 70.1 cm³/mol. The van der Waals surface area contributed by atoms with Crippen LogP contribution in [0, 0.1) is 5.82 Å². The monoisotopic (exact) mass is 262 g/mol. The van der Waals surface area contributed by atoms with Crippen molar-refractivity contribution in [2.45, 2.75) is 6.42 Å². The fraction of sp³-hybridized carbons (Fsp3) is 0.231. The number of carbonyl (C=O) groups is 1. The molecule has 2 aromatic rings. The average Bonchev–Trinajstić information content (AvgIpc) is 2.71. The van der Waals surface area contributed by atoms with Crippen LogP contribution < -0.4 is 11.1 Å². The van der Waals surface area contributed by atoms with Crippen molar-refractivity contribution < 1.29 is 9.18 Å². The van der Waals surface area contributed by atoms with Crippen molar-refractivity contribution in [1.29, 1.82) is 0 Å². The van der Waals surface area contributed by atoms with Gasteiger partial charge in [0.2, 0.25) is 0 Å². The molecule has 1 aromatic carbocycles. The summed E-state index contributed by atoms with van der Waals surface area (Å²) in [5, 5.41) is 6.71. The number of nitrogens with zero attached hydrogens (tertiary/aromatic N) is 2. The molecule has 100 valence electrons. The first-order valence-electron chi connectivity index (χ1n) is 5.88. The Kier molecular flexibility index (Phi) is 3.79. The van der Waals surface area contributed by atoms with Gasteiger partial charge in [-0.1, -0.05) is 12.1 Å². The Morgan fingerprint density at radius 3 is 2.68 bits per heavy atom. The standard InChI is InChI=1S/C13H15FN4O/c1-18-8-11(15)12(17-18)13(19)16-7-6-9-2-4-10(14)5-3-9/h2-5,8H,6-7,15H2,1H3,(H,16,19).